The number of guanidine groups is 1. The lowest BCUT2D eigenvalue weighted by Gasteiger charge is -2.38. The summed E-state index contributed by atoms with van der Waals surface area (Å²) in [4.78, 5) is 26.3. The fourth-order valence-electron chi connectivity index (χ4n) is 4.19. The third kappa shape index (κ3) is 3.25. The second-order valence-electron chi connectivity index (χ2n) is 8.98. The molecule has 1 amide bonds. The number of carbonyl (C=O) groups excluding carboxylic acids is 1. The Morgan fingerprint density at radius 2 is 2.03 bits per heavy atom. The zero-order valence-corrected chi connectivity index (χ0v) is 18.9. The van der Waals surface area contributed by atoms with Gasteiger partial charge in [0.25, 0.3) is 5.91 Å². The number of amides is 1. The maximum Gasteiger partial charge on any atom is 0.263 e. The number of aryl methyl sites for hydroxylation is 2. The summed E-state index contributed by atoms with van der Waals surface area (Å²) >= 11 is 0. The molecule has 1 atom stereocenters. The normalized spacial score (nSPS) is 21.7. The van der Waals surface area contributed by atoms with E-state index in [1.165, 1.54) is 6.07 Å². The quantitative estimate of drug-likeness (QED) is 0.761. The van der Waals surface area contributed by atoms with Gasteiger partial charge in [-0.3, -0.25) is 14.7 Å². The summed E-state index contributed by atoms with van der Waals surface area (Å²) in [5, 5.41) is 0. The third-order valence-corrected chi connectivity index (χ3v) is 8.00. The Morgan fingerprint density at radius 1 is 1.29 bits per heavy atom. The van der Waals surface area contributed by atoms with E-state index in [1.807, 2.05) is 37.3 Å². The summed E-state index contributed by atoms with van der Waals surface area (Å²) in [7, 11) is -1.82. The van der Waals surface area contributed by atoms with Crippen LogP contribution in [0.4, 0.5) is 5.69 Å². The molecule has 2 aliphatic heterocycles. The van der Waals surface area contributed by atoms with Gasteiger partial charge in [-0.1, -0.05) is 0 Å². The van der Waals surface area contributed by atoms with Crippen LogP contribution in [0.5, 0.6) is 0 Å². The summed E-state index contributed by atoms with van der Waals surface area (Å²) in [6.07, 6.45) is 3.36. The topological polar surface area (TPSA) is 99.9 Å². The first kappa shape index (κ1) is 20.2. The molecule has 5 rings (SSSR count). The van der Waals surface area contributed by atoms with Crippen molar-refractivity contribution in [3.05, 3.63) is 41.5 Å². The predicted molar refractivity (Wildman–Crippen MR) is 116 cm³/mol. The second kappa shape index (κ2) is 6.64. The van der Waals surface area contributed by atoms with Crippen molar-refractivity contribution in [2.75, 3.05) is 11.4 Å². The van der Waals surface area contributed by atoms with Crippen LogP contribution in [0, 0.1) is 6.92 Å². The van der Waals surface area contributed by atoms with Crippen molar-refractivity contribution < 1.29 is 13.2 Å². The van der Waals surface area contributed by atoms with Gasteiger partial charge in [0, 0.05) is 12.6 Å². The zero-order valence-electron chi connectivity index (χ0n) is 18.1. The summed E-state index contributed by atoms with van der Waals surface area (Å²) in [6, 6.07) is 4.87. The average Bonchev–Trinajstić information content (AvgIpc) is 3.17. The van der Waals surface area contributed by atoms with Crippen LogP contribution in [-0.4, -0.2) is 52.9 Å². The van der Waals surface area contributed by atoms with E-state index in [0.717, 1.165) is 24.2 Å². The van der Waals surface area contributed by atoms with Gasteiger partial charge in [-0.05, 0) is 51.8 Å². The van der Waals surface area contributed by atoms with Crippen LogP contribution in [0.15, 0.2) is 34.4 Å². The lowest BCUT2D eigenvalue weighted by Crippen LogP contribution is -2.52. The molecule has 1 aliphatic carbocycles. The Morgan fingerprint density at radius 3 is 2.68 bits per heavy atom. The molecule has 1 saturated carbocycles. The van der Waals surface area contributed by atoms with E-state index in [4.69, 9.17) is 0 Å². The van der Waals surface area contributed by atoms with Crippen LogP contribution in [-0.2, 0) is 23.6 Å². The van der Waals surface area contributed by atoms with Crippen molar-refractivity contribution in [3.63, 3.8) is 0 Å². The zero-order chi connectivity index (χ0) is 22.1. The van der Waals surface area contributed by atoms with Gasteiger partial charge in [0.1, 0.15) is 0 Å². The first-order chi connectivity index (χ1) is 14.6. The number of benzene rings is 1. The van der Waals surface area contributed by atoms with Gasteiger partial charge in [0.2, 0.25) is 16.0 Å². The van der Waals surface area contributed by atoms with E-state index in [-0.39, 0.29) is 22.4 Å². The van der Waals surface area contributed by atoms with Crippen molar-refractivity contribution in [1.82, 2.24) is 19.2 Å². The summed E-state index contributed by atoms with van der Waals surface area (Å²) in [6.45, 7) is 6.73. The summed E-state index contributed by atoms with van der Waals surface area (Å²) in [5.74, 6) is 0.346. The number of aromatic nitrogens is 2. The van der Waals surface area contributed by atoms with Gasteiger partial charge in [0.05, 0.1) is 53.0 Å². The Hall–Kier alpha value is -2.72. The number of hydrogen-bond acceptors (Lipinski definition) is 6. The number of aliphatic imine (C=N–C) groups is 1. The van der Waals surface area contributed by atoms with Gasteiger partial charge >= 0.3 is 0 Å². The fourth-order valence-corrected chi connectivity index (χ4v) is 5.68. The molecule has 0 saturated heterocycles. The fraction of sp³-hybridized carbons (Fsp3) is 0.476. The summed E-state index contributed by atoms with van der Waals surface area (Å²) < 4.78 is 30.5. The molecule has 1 N–H and O–H groups in total. The molecule has 0 radical (unpaired) electrons. The molecule has 0 unspecified atom stereocenters. The van der Waals surface area contributed by atoms with Crippen LogP contribution in [0.25, 0.3) is 0 Å². The minimum Gasteiger partial charge on any atom is -0.336 e. The smallest absolute Gasteiger partial charge is 0.263 e. The van der Waals surface area contributed by atoms with E-state index in [0.29, 0.717) is 30.3 Å². The molecule has 0 bridgehead atoms. The first-order valence-electron chi connectivity index (χ1n) is 10.4. The van der Waals surface area contributed by atoms with E-state index in [1.54, 1.807) is 23.4 Å². The number of anilines is 1. The molecule has 1 fully saturated rings. The van der Waals surface area contributed by atoms with Gasteiger partial charge in [-0.2, -0.15) is 0 Å². The molecule has 164 valence electrons. The number of nitrogens with zero attached hydrogens (tertiary/aromatic N) is 5. The molecule has 3 heterocycles. The molecule has 1 aromatic heterocycles. The average molecular weight is 443 g/mol. The molecule has 10 heteroatoms. The number of fused-ring (bicyclic) bond motifs is 3. The van der Waals surface area contributed by atoms with Crippen LogP contribution in [0.2, 0.25) is 0 Å². The van der Waals surface area contributed by atoms with Gasteiger partial charge < -0.3 is 9.47 Å². The Labute approximate surface area is 181 Å². The highest BCUT2D eigenvalue weighted by molar-refractivity contribution is 7.89. The minimum atomic E-state index is -3.71. The number of carbonyl (C=O) groups is 1. The van der Waals surface area contributed by atoms with Crippen molar-refractivity contribution in [1.29, 1.82) is 0 Å². The Balaban J connectivity index is 1.57. The lowest BCUT2D eigenvalue weighted by atomic mass is 10.1. The van der Waals surface area contributed by atoms with Crippen LogP contribution in [0.1, 0.15) is 48.4 Å². The predicted octanol–water partition coefficient (Wildman–Crippen LogP) is 1.78. The monoisotopic (exact) mass is 442 g/mol. The molecule has 31 heavy (non-hydrogen) atoms. The molecule has 3 aliphatic rings. The first-order valence-corrected chi connectivity index (χ1v) is 11.9. The highest BCUT2D eigenvalue weighted by atomic mass is 32.2. The SMILES string of the molecule is Cc1ncn(C)c1CN1C(=O)c2cc(S(=O)(=O)NC3(C)CC3)ccc2N2C1=NC[C@H]2C. The molecule has 9 nitrogen and oxygen atoms in total. The second-order valence-corrected chi connectivity index (χ2v) is 10.7. The maximum absolute atomic E-state index is 13.6. The van der Waals surface area contributed by atoms with Crippen molar-refractivity contribution in [2.24, 2.45) is 12.0 Å². The number of imidazole rings is 1. The van der Waals surface area contributed by atoms with Gasteiger partial charge in [-0.15, -0.1) is 0 Å². The van der Waals surface area contributed by atoms with Crippen molar-refractivity contribution >= 4 is 27.6 Å². The van der Waals surface area contributed by atoms with Gasteiger partial charge in [0.15, 0.2) is 0 Å². The van der Waals surface area contributed by atoms with Crippen LogP contribution in [0.3, 0.4) is 0 Å². The minimum absolute atomic E-state index is 0.0722. The van der Waals surface area contributed by atoms with Crippen LogP contribution < -0.4 is 9.62 Å². The Bertz CT molecular complexity index is 1210. The van der Waals surface area contributed by atoms with Crippen molar-refractivity contribution in [2.45, 2.75) is 56.6 Å². The van der Waals surface area contributed by atoms with E-state index < -0.39 is 10.0 Å². The molecule has 1 aromatic carbocycles. The molecule has 0 spiro atoms. The highest BCUT2D eigenvalue weighted by Gasteiger charge is 2.43. The molecule has 2 aromatic rings. The number of hydrogen-bond donors (Lipinski definition) is 1. The van der Waals surface area contributed by atoms with Crippen LogP contribution >= 0.6 is 0 Å². The Kier molecular flexibility index (Phi) is 4.32. The highest BCUT2D eigenvalue weighted by Crippen LogP contribution is 2.38. The number of sulfonamides is 1. The number of rotatable bonds is 5. The number of nitrogens with one attached hydrogen (secondary N) is 1. The molecular weight excluding hydrogens is 416 g/mol. The van der Waals surface area contributed by atoms with Crippen molar-refractivity contribution in [3.8, 4) is 0 Å². The maximum atomic E-state index is 13.6. The van der Waals surface area contributed by atoms with E-state index in [9.17, 15) is 13.2 Å². The van der Waals surface area contributed by atoms with E-state index in [2.05, 4.69) is 14.7 Å². The lowest BCUT2D eigenvalue weighted by molar-refractivity contribution is 0.0830. The summed E-state index contributed by atoms with van der Waals surface area (Å²) in [5.41, 5.74) is 2.44. The van der Waals surface area contributed by atoms with E-state index >= 15 is 0 Å². The third-order valence-electron chi connectivity index (χ3n) is 6.36. The largest absolute Gasteiger partial charge is 0.336 e. The molecular formula is C21H26N6O3S. The standard InChI is InChI=1S/C21H26N6O3S/c1-13-10-22-20-26(11-18-14(2)23-12-25(18)4)19(28)16-9-15(5-6-17(16)27(13)20)31(29,30)24-21(3)7-8-21/h5-6,9,12-13,24H,7-8,10-11H2,1-4H3/t13-/m1/s1. The van der Waals surface area contributed by atoms with Gasteiger partial charge in [-0.25, -0.2) is 18.1 Å².